The lowest BCUT2D eigenvalue weighted by molar-refractivity contribution is 0.0526. The summed E-state index contributed by atoms with van der Waals surface area (Å²) in [5, 5.41) is 2.61. The lowest BCUT2D eigenvalue weighted by Crippen LogP contribution is -2.29. The molecule has 0 spiro atoms. The summed E-state index contributed by atoms with van der Waals surface area (Å²) < 4.78 is 5.02. The zero-order valence-electron chi connectivity index (χ0n) is 11.3. The van der Waals surface area contributed by atoms with E-state index in [2.05, 4.69) is 15.4 Å². The summed E-state index contributed by atoms with van der Waals surface area (Å²) in [4.78, 5) is 20.3. The van der Waals surface area contributed by atoms with Gasteiger partial charge in [-0.3, -0.25) is 0 Å². The molecule has 0 amide bonds. The van der Waals surface area contributed by atoms with Crippen molar-refractivity contribution in [3.05, 3.63) is 11.8 Å². The number of anilines is 1. The number of aromatic nitrogens is 2. The summed E-state index contributed by atoms with van der Waals surface area (Å²) in [7, 11) is 1.95. The maximum Gasteiger partial charge on any atom is 0.343 e. The van der Waals surface area contributed by atoms with Crippen LogP contribution in [0, 0.1) is 0 Å². The molecule has 0 saturated heterocycles. The summed E-state index contributed by atoms with van der Waals surface area (Å²) in [6, 6.07) is 0.516. The van der Waals surface area contributed by atoms with Gasteiger partial charge in [-0.05, 0) is 26.0 Å². The molecule has 104 valence electrons. The lowest BCUT2D eigenvalue weighted by atomic mass is 10.3. The van der Waals surface area contributed by atoms with Crippen molar-refractivity contribution >= 4 is 23.5 Å². The molecular weight excluding hydrogens is 264 g/mol. The summed E-state index contributed by atoms with van der Waals surface area (Å²) in [6.45, 7) is 2.11. The fourth-order valence-electron chi connectivity index (χ4n) is 1.63. The number of hydrogen-bond acceptors (Lipinski definition) is 7. The van der Waals surface area contributed by atoms with Crippen LogP contribution in [-0.2, 0) is 4.74 Å². The number of rotatable bonds is 6. The van der Waals surface area contributed by atoms with Gasteiger partial charge < -0.3 is 10.2 Å². The van der Waals surface area contributed by atoms with Gasteiger partial charge in [0.25, 0.3) is 0 Å². The Morgan fingerprint density at radius 1 is 1.63 bits per heavy atom. The summed E-state index contributed by atoms with van der Waals surface area (Å²) in [6.07, 6.45) is 5.74. The van der Waals surface area contributed by atoms with Crippen molar-refractivity contribution in [2.75, 3.05) is 25.3 Å². The first-order chi connectivity index (χ1) is 9.15. The van der Waals surface area contributed by atoms with Crippen molar-refractivity contribution < 1.29 is 9.53 Å². The van der Waals surface area contributed by atoms with Gasteiger partial charge in [0.05, 0.1) is 6.61 Å². The van der Waals surface area contributed by atoms with Gasteiger partial charge in [0.15, 0.2) is 11.0 Å². The molecule has 1 aromatic heterocycles. The third-order valence-corrected chi connectivity index (χ3v) is 3.38. The third kappa shape index (κ3) is 3.57. The van der Waals surface area contributed by atoms with E-state index in [0.717, 1.165) is 0 Å². The predicted octanol–water partition coefficient (Wildman–Crippen LogP) is 1.80. The minimum absolute atomic E-state index is 0.334. The first kappa shape index (κ1) is 14.1. The van der Waals surface area contributed by atoms with Gasteiger partial charge in [0.1, 0.15) is 5.56 Å². The van der Waals surface area contributed by atoms with E-state index in [4.69, 9.17) is 4.74 Å². The molecule has 1 fully saturated rings. The zero-order chi connectivity index (χ0) is 13.8. The summed E-state index contributed by atoms with van der Waals surface area (Å²) in [5.41, 5.74) is 3.52. The Labute approximate surface area is 116 Å². The van der Waals surface area contributed by atoms with Crippen LogP contribution in [0.3, 0.4) is 0 Å². The van der Waals surface area contributed by atoms with E-state index in [0.29, 0.717) is 29.2 Å². The molecule has 0 bridgehead atoms. The second-order valence-electron chi connectivity index (χ2n) is 4.29. The van der Waals surface area contributed by atoms with Crippen LogP contribution in [-0.4, -0.2) is 46.9 Å². The molecule has 0 unspecified atom stereocenters. The number of ether oxygens (including phenoxy) is 1. The quantitative estimate of drug-likeness (QED) is 0.369. The standard InChI is InChI=1S/C12H18N4O2S/c1-4-18-11(17)9-7-13-12(19-3)14-10(9)15-16(2)8-5-6-8/h7-8H,4-6H2,1-3H3,(H,13,14,15). The van der Waals surface area contributed by atoms with Crippen molar-refractivity contribution in [2.45, 2.75) is 31.0 Å². The van der Waals surface area contributed by atoms with E-state index in [1.165, 1.54) is 30.8 Å². The van der Waals surface area contributed by atoms with Crippen LogP contribution in [0.1, 0.15) is 30.1 Å². The number of carbonyl (C=O) groups is 1. The molecule has 1 aliphatic carbocycles. The Kier molecular flexibility index (Phi) is 4.60. The van der Waals surface area contributed by atoms with Gasteiger partial charge >= 0.3 is 5.97 Å². The van der Waals surface area contributed by atoms with Crippen LogP contribution in [0.15, 0.2) is 11.4 Å². The lowest BCUT2D eigenvalue weighted by Gasteiger charge is -2.19. The monoisotopic (exact) mass is 282 g/mol. The fraction of sp³-hybridized carbons (Fsp3) is 0.583. The molecule has 0 aromatic carbocycles. The maximum atomic E-state index is 11.9. The molecule has 1 saturated carbocycles. The topological polar surface area (TPSA) is 67.3 Å². The minimum Gasteiger partial charge on any atom is -0.462 e. The zero-order valence-corrected chi connectivity index (χ0v) is 12.2. The SMILES string of the molecule is CCOC(=O)c1cnc(SC)nc1NN(C)C1CC1. The molecule has 1 aliphatic rings. The second kappa shape index (κ2) is 6.21. The highest BCUT2D eigenvalue weighted by molar-refractivity contribution is 7.98. The number of hydrogen-bond donors (Lipinski definition) is 1. The first-order valence-corrected chi connectivity index (χ1v) is 7.45. The molecular formula is C12H18N4O2S. The van der Waals surface area contributed by atoms with Crippen molar-refractivity contribution in [1.29, 1.82) is 0 Å². The first-order valence-electron chi connectivity index (χ1n) is 6.23. The van der Waals surface area contributed by atoms with Gasteiger partial charge in [-0.1, -0.05) is 11.8 Å². The molecule has 7 heteroatoms. The Hall–Kier alpha value is -1.34. The highest BCUT2D eigenvalue weighted by atomic mass is 32.2. The van der Waals surface area contributed by atoms with Crippen molar-refractivity contribution in [1.82, 2.24) is 15.0 Å². The average molecular weight is 282 g/mol. The van der Waals surface area contributed by atoms with Crippen molar-refractivity contribution in [3.63, 3.8) is 0 Å². The Morgan fingerprint density at radius 3 is 2.95 bits per heavy atom. The fourth-order valence-corrected chi connectivity index (χ4v) is 1.97. The van der Waals surface area contributed by atoms with Crippen LogP contribution in [0.5, 0.6) is 0 Å². The van der Waals surface area contributed by atoms with Gasteiger partial charge in [0.2, 0.25) is 0 Å². The van der Waals surface area contributed by atoms with E-state index < -0.39 is 5.97 Å². The largest absolute Gasteiger partial charge is 0.462 e. The van der Waals surface area contributed by atoms with Gasteiger partial charge in [-0.2, -0.15) is 0 Å². The summed E-state index contributed by atoms with van der Waals surface area (Å²) >= 11 is 1.43. The van der Waals surface area contributed by atoms with E-state index in [1.54, 1.807) is 6.92 Å². The third-order valence-electron chi connectivity index (χ3n) is 2.82. The predicted molar refractivity (Wildman–Crippen MR) is 74.2 cm³/mol. The van der Waals surface area contributed by atoms with Gasteiger partial charge in [-0.25, -0.2) is 19.8 Å². The number of esters is 1. The Morgan fingerprint density at radius 2 is 2.37 bits per heavy atom. The van der Waals surface area contributed by atoms with Crippen molar-refractivity contribution in [3.8, 4) is 0 Å². The van der Waals surface area contributed by atoms with E-state index in [-0.39, 0.29) is 0 Å². The molecule has 0 aliphatic heterocycles. The Balaban J connectivity index is 2.22. The van der Waals surface area contributed by atoms with Gasteiger partial charge in [-0.15, -0.1) is 0 Å². The van der Waals surface area contributed by atoms with E-state index in [9.17, 15) is 4.79 Å². The summed E-state index contributed by atoms with van der Waals surface area (Å²) in [5.74, 6) is 0.106. The number of nitrogens with one attached hydrogen (secondary N) is 1. The van der Waals surface area contributed by atoms with Crippen LogP contribution < -0.4 is 5.43 Å². The Bertz CT molecular complexity index is 465. The minimum atomic E-state index is -0.401. The van der Waals surface area contributed by atoms with Crippen LogP contribution in [0.25, 0.3) is 0 Å². The van der Waals surface area contributed by atoms with Crippen LogP contribution >= 0.6 is 11.8 Å². The van der Waals surface area contributed by atoms with E-state index >= 15 is 0 Å². The second-order valence-corrected chi connectivity index (χ2v) is 5.07. The highest BCUT2D eigenvalue weighted by Gasteiger charge is 2.27. The molecule has 1 aromatic rings. The molecule has 6 nitrogen and oxygen atoms in total. The van der Waals surface area contributed by atoms with Crippen LogP contribution in [0.4, 0.5) is 5.82 Å². The normalized spacial score (nSPS) is 14.5. The molecule has 0 radical (unpaired) electrons. The molecule has 19 heavy (non-hydrogen) atoms. The van der Waals surface area contributed by atoms with Crippen LogP contribution in [0.2, 0.25) is 0 Å². The van der Waals surface area contributed by atoms with Crippen molar-refractivity contribution in [2.24, 2.45) is 0 Å². The molecule has 0 atom stereocenters. The highest BCUT2D eigenvalue weighted by Crippen LogP contribution is 2.26. The smallest absolute Gasteiger partial charge is 0.343 e. The maximum absolute atomic E-state index is 11.9. The molecule has 1 N–H and O–H groups in total. The number of carbonyl (C=O) groups excluding carboxylic acids is 1. The van der Waals surface area contributed by atoms with Gasteiger partial charge in [0, 0.05) is 19.3 Å². The number of nitrogens with zero attached hydrogens (tertiary/aromatic N) is 3. The van der Waals surface area contributed by atoms with E-state index in [1.807, 2.05) is 18.3 Å². The number of hydrazine groups is 1. The molecule has 2 rings (SSSR count). The molecule has 1 heterocycles. The number of thioether (sulfide) groups is 1. The average Bonchev–Trinajstić information content (AvgIpc) is 3.23.